The fourth-order valence-corrected chi connectivity index (χ4v) is 1.42. The summed E-state index contributed by atoms with van der Waals surface area (Å²) in [6.07, 6.45) is 4.14. The van der Waals surface area contributed by atoms with Crippen LogP contribution in [0.25, 0.3) is 0 Å². The molecule has 0 unspecified atom stereocenters. The van der Waals surface area contributed by atoms with Crippen LogP contribution in [0, 0.1) is 0 Å². The van der Waals surface area contributed by atoms with E-state index in [1.165, 1.54) is 19.0 Å². The van der Waals surface area contributed by atoms with E-state index in [9.17, 15) is 0 Å². The molecule has 0 saturated heterocycles. The van der Waals surface area contributed by atoms with E-state index in [0.29, 0.717) is 0 Å². The Bertz CT molecular complexity index is 61.9. The quantitative estimate of drug-likeness (QED) is 0.505. The van der Waals surface area contributed by atoms with Crippen molar-refractivity contribution in [2.24, 2.45) is 0 Å². The molecule has 0 aromatic heterocycles. The minimum Gasteiger partial charge on any atom is -0.0955 e. The molecule has 0 N–H and O–H groups in total. The molecular formula is C7H18B2. The van der Waals surface area contributed by atoms with Gasteiger partial charge in [-0.1, -0.05) is 46.4 Å². The normalized spacial score (nSPS) is 9.33. The molecule has 0 heterocycles. The largest absolute Gasteiger partial charge is 0.129 e. The first-order valence-corrected chi connectivity index (χ1v) is 4.16. The van der Waals surface area contributed by atoms with Gasteiger partial charge in [0.1, 0.15) is 13.4 Å². The van der Waals surface area contributed by atoms with Gasteiger partial charge >= 0.3 is 0 Å². The van der Waals surface area contributed by atoms with Crippen molar-refractivity contribution >= 4 is 13.4 Å². The molecule has 0 saturated carbocycles. The standard InChI is InChI=1S/C7H18B2/c1-5-6-9(4)7-8(2)3/h5-7H2,1-4H3. The maximum Gasteiger partial charge on any atom is 0.129 e. The second-order valence-corrected chi connectivity index (χ2v) is 3.52. The van der Waals surface area contributed by atoms with Crippen molar-refractivity contribution in [3.05, 3.63) is 0 Å². The van der Waals surface area contributed by atoms with Crippen LogP contribution in [0.5, 0.6) is 0 Å². The summed E-state index contributed by atoms with van der Waals surface area (Å²) in [6, 6.07) is 0. The lowest BCUT2D eigenvalue weighted by Gasteiger charge is -2.05. The fraction of sp³-hybridized carbons (Fsp3) is 1.00. The van der Waals surface area contributed by atoms with E-state index >= 15 is 0 Å². The van der Waals surface area contributed by atoms with Crippen LogP contribution in [0.4, 0.5) is 0 Å². The number of hydrogen-bond donors (Lipinski definition) is 0. The van der Waals surface area contributed by atoms with Gasteiger partial charge in [0.2, 0.25) is 0 Å². The van der Waals surface area contributed by atoms with Crippen LogP contribution in [0.3, 0.4) is 0 Å². The van der Waals surface area contributed by atoms with Gasteiger partial charge in [0, 0.05) is 0 Å². The van der Waals surface area contributed by atoms with E-state index in [4.69, 9.17) is 0 Å². The minimum absolute atomic E-state index is 0.881. The van der Waals surface area contributed by atoms with Gasteiger partial charge in [-0.3, -0.25) is 0 Å². The summed E-state index contributed by atoms with van der Waals surface area (Å²) in [6.45, 7) is 11.0. The lowest BCUT2D eigenvalue weighted by Crippen LogP contribution is -2.14. The average Bonchev–Trinajstić information content (AvgIpc) is 1.63. The highest BCUT2D eigenvalue weighted by molar-refractivity contribution is 6.75. The van der Waals surface area contributed by atoms with E-state index in [0.717, 1.165) is 13.4 Å². The molecule has 0 aliphatic heterocycles. The Morgan fingerprint density at radius 1 is 1.11 bits per heavy atom. The molecule has 0 radical (unpaired) electrons. The number of hydrogen-bond acceptors (Lipinski definition) is 0. The molecule has 0 atom stereocenters. The summed E-state index contributed by atoms with van der Waals surface area (Å²) in [4.78, 5) is 0. The SMILES string of the molecule is CCCB(C)CB(C)C. The topological polar surface area (TPSA) is 0 Å². The van der Waals surface area contributed by atoms with Crippen molar-refractivity contribution in [2.45, 2.75) is 46.4 Å². The molecule has 0 aromatic carbocycles. The summed E-state index contributed by atoms with van der Waals surface area (Å²) in [5.74, 6) is 0. The van der Waals surface area contributed by atoms with Gasteiger partial charge in [-0.15, -0.1) is 0 Å². The molecule has 0 amide bonds. The van der Waals surface area contributed by atoms with Crippen LogP contribution >= 0.6 is 0 Å². The Labute approximate surface area is 60.6 Å². The highest BCUT2D eigenvalue weighted by Crippen LogP contribution is 2.04. The predicted octanol–water partition coefficient (Wildman–Crippen LogP) is 2.81. The highest BCUT2D eigenvalue weighted by atomic mass is 13.7. The van der Waals surface area contributed by atoms with Crippen molar-refractivity contribution in [1.29, 1.82) is 0 Å². The molecule has 0 aliphatic rings. The lowest BCUT2D eigenvalue weighted by atomic mass is 9.30. The molecule has 0 fully saturated rings. The predicted molar refractivity (Wildman–Crippen MR) is 49.0 cm³/mol. The van der Waals surface area contributed by atoms with Gasteiger partial charge in [0.25, 0.3) is 0 Å². The summed E-state index contributed by atoms with van der Waals surface area (Å²) in [5.41, 5.74) is 0. The lowest BCUT2D eigenvalue weighted by molar-refractivity contribution is 1.06. The van der Waals surface area contributed by atoms with Crippen molar-refractivity contribution < 1.29 is 0 Å². The third-order valence-electron chi connectivity index (χ3n) is 1.66. The van der Waals surface area contributed by atoms with Crippen LogP contribution in [-0.2, 0) is 0 Å². The van der Waals surface area contributed by atoms with Crippen molar-refractivity contribution in [3.63, 3.8) is 0 Å². The van der Waals surface area contributed by atoms with E-state index in [1.54, 1.807) is 0 Å². The minimum atomic E-state index is 0.881. The monoisotopic (exact) mass is 124 g/mol. The molecule has 0 rings (SSSR count). The van der Waals surface area contributed by atoms with E-state index < -0.39 is 0 Å². The van der Waals surface area contributed by atoms with Gasteiger partial charge in [-0.2, -0.15) is 0 Å². The zero-order valence-electron chi connectivity index (χ0n) is 7.28. The Balaban J connectivity index is 3.15. The third kappa shape index (κ3) is 6.01. The molecule has 2 heteroatoms. The third-order valence-corrected chi connectivity index (χ3v) is 1.66. The Morgan fingerprint density at radius 2 is 1.67 bits per heavy atom. The van der Waals surface area contributed by atoms with E-state index in [2.05, 4.69) is 27.4 Å². The molecule has 52 valence electrons. The zero-order chi connectivity index (χ0) is 7.28. The second-order valence-electron chi connectivity index (χ2n) is 3.52. The maximum atomic E-state index is 2.35. The van der Waals surface area contributed by atoms with Gasteiger partial charge in [-0.25, -0.2) is 0 Å². The summed E-state index contributed by atoms with van der Waals surface area (Å²) >= 11 is 0. The van der Waals surface area contributed by atoms with Crippen molar-refractivity contribution in [1.82, 2.24) is 0 Å². The van der Waals surface area contributed by atoms with Gasteiger partial charge in [-0.05, 0) is 0 Å². The van der Waals surface area contributed by atoms with Gasteiger partial charge in [0.05, 0.1) is 0 Å². The first-order valence-electron chi connectivity index (χ1n) is 4.16. The van der Waals surface area contributed by atoms with Crippen LogP contribution < -0.4 is 0 Å². The molecule has 0 spiro atoms. The first kappa shape index (κ1) is 9.13. The first-order chi connectivity index (χ1) is 4.16. The fourth-order valence-electron chi connectivity index (χ4n) is 1.42. The average molecular weight is 124 g/mol. The summed E-state index contributed by atoms with van der Waals surface area (Å²) in [5, 5.41) is 0. The Kier molecular flexibility index (Phi) is 5.03. The molecule has 9 heavy (non-hydrogen) atoms. The zero-order valence-corrected chi connectivity index (χ0v) is 7.28. The van der Waals surface area contributed by atoms with Crippen LogP contribution in [0.15, 0.2) is 0 Å². The summed E-state index contributed by atoms with van der Waals surface area (Å²) in [7, 11) is 0. The molecular weight excluding hydrogens is 106 g/mol. The highest BCUT2D eigenvalue weighted by Gasteiger charge is 2.08. The number of rotatable bonds is 4. The van der Waals surface area contributed by atoms with Gasteiger partial charge < -0.3 is 0 Å². The van der Waals surface area contributed by atoms with Crippen molar-refractivity contribution in [3.8, 4) is 0 Å². The van der Waals surface area contributed by atoms with Crippen LogP contribution in [-0.4, -0.2) is 13.4 Å². The van der Waals surface area contributed by atoms with E-state index in [1.807, 2.05) is 0 Å². The van der Waals surface area contributed by atoms with E-state index in [-0.39, 0.29) is 0 Å². The Morgan fingerprint density at radius 3 is 2.00 bits per heavy atom. The molecule has 0 aliphatic carbocycles. The van der Waals surface area contributed by atoms with Crippen LogP contribution in [0.2, 0.25) is 33.0 Å². The smallest absolute Gasteiger partial charge is 0.0955 e. The molecule has 0 nitrogen and oxygen atoms in total. The van der Waals surface area contributed by atoms with Gasteiger partial charge in [0.15, 0.2) is 0 Å². The Hall–Kier alpha value is 0.130. The maximum absolute atomic E-state index is 2.35. The second kappa shape index (κ2) is 4.96. The molecule has 0 bridgehead atoms. The van der Waals surface area contributed by atoms with Crippen LogP contribution in [0.1, 0.15) is 13.3 Å². The molecule has 0 aromatic rings. The summed E-state index contributed by atoms with van der Waals surface area (Å²) < 4.78 is 0. The van der Waals surface area contributed by atoms with Crippen molar-refractivity contribution in [2.75, 3.05) is 0 Å².